The first-order valence-electron chi connectivity index (χ1n) is 6.89. The standard InChI is InChI=1S/C14H24N4/c1-4-17-13(12-9-15-11-16-10-12)14(2,3)18-7-5-6-8-18/h9-11,13,17H,4-8H2,1-3H3. The third-order valence-electron chi connectivity index (χ3n) is 3.95. The highest BCUT2D eigenvalue weighted by Gasteiger charge is 2.37. The summed E-state index contributed by atoms with van der Waals surface area (Å²) in [5, 5.41) is 3.59. The smallest absolute Gasteiger partial charge is 0.115 e. The molecule has 0 radical (unpaired) electrons. The SMILES string of the molecule is CCNC(c1cncnc1)C(C)(C)N1CCCC1. The largest absolute Gasteiger partial charge is 0.309 e. The van der Waals surface area contributed by atoms with Gasteiger partial charge in [-0.2, -0.15) is 0 Å². The van der Waals surface area contributed by atoms with Crippen LogP contribution in [0.1, 0.15) is 45.2 Å². The van der Waals surface area contributed by atoms with Crippen LogP contribution < -0.4 is 5.32 Å². The molecule has 1 aromatic heterocycles. The van der Waals surface area contributed by atoms with E-state index in [4.69, 9.17) is 0 Å². The number of rotatable bonds is 5. The molecule has 4 nitrogen and oxygen atoms in total. The number of likely N-dealkylation sites (tertiary alicyclic amines) is 1. The summed E-state index contributed by atoms with van der Waals surface area (Å²) < 4.78 is 0. The molecule has 0 amide bonds. The van der Waals surface area contributed by atoms with Gasteiger partial charge < -0.3 is 5.32 Å². The monoisotopic (exact) mass is 248 g/mol. The first-order valence-corrected chi connectivity index (χ1v) is 6.89. The minimum absolute atomic E-state index is 0.0945. The van der Waals surface area contributed by atoms with Gasteiger partial charge in [0.2, 0.25) is 0 Å². The molecule has 100 valence electrons. The Hall–Kier alpha value is -1.00. The molecule has 0 saturated carbocycles. The molecule has 0 aromatic carbocycles. The lowest BCUT2D eigenvalue weighted by Crippen LogP contribution is -2.51. The Kier molecular flexibility index (Phi) is 4.30. The van der Waals surface area contributed by atoms with Gasteiger partial charge in [0.25, 0.3) is 0 Å². The van der Waals surface area contributed by atoms with Gasteiger partial charge in [-0.15, -0.1) is 0 Å². The summed E-state index contributed by atoms with van der Waals surface area (Å²) in [4.78, 5) is 10.9. The molecule has 1 aliphatic rings. The number of nitrogens with zero attached hydrogens (tertiary/aromatic N) is 3. The van der Waals surface area contributed by atoms with Crippen LogP contribution in [0.3, 0.4) is 0 Å². The van der Waals surface area contributed by atoms with Crippen molar-refractivity contribution in [3.8, 4) is 0 Å². The highest BCUT2D eigenvalue weighted by molar-refractivity contribution is 5.16. The third kappa shape index (κ3) is 2.70. The van der Waals surface area contributed by atoms with E-state index in [2.05, 4.69) is 41.0 Å². The van der Waals surface area contributed by atoms with Gasteiger partial charge in [0.15, 0.2) is 0 Å². The Morgan fingerprint density at radius 1 is 1.28 bits per heavy atom. The van der Waals surface area contributed by atoms with Crippen molar-refractivity contribution >= 4 is 0 Å². The second-order valence-electron chi connectivity index (χ2n) is 5.51. The van der Waals surface area contributed by atoms with Gasteiger partial charge in [-0.1, -0.05) is 6.92 Å². The van der Waals surface area contributed by atoms with Gasteiger partial charge in [-0.3, -0.25) is 4.90 Å². The maximum absolute atomic E-state index is 4.16. The van der Waals surface area contributed by atoms with E-state index in [1.807, 2.05) is 12.4 Å². The van der Waals surface area contributed by atoms with Gasteiger partial charge in [0.1, 0.15) is 6.33 Å². The molecular formula is C14H24N4. The van der Waals surface area contributed by atoms with Crippen LogP contribution in [-0.2, 0) is 0 Å². The molecule has 1 fully saturated rings. The fourth-order valence-corrected chi connectivity index (χ4v) is 2.92. The van der Waals surface area contributed by atoms with Crippen LogP contribution in [0.15, 0.2) is 18.7 Å². The molecule has 0 spiro atoms. The number of hydrogen-bond donors (Lipinski definition) is 1. The van der Waals surface area contributed by atoms with Crippen LogP contribution in [0.5, 0.6) is 0 Å². The highest BCUT2D eigenvalue weighted by Crippen LogP contribution is 2.32. The molecule has 1 saturated heterocycles. The maximum atomic E-state index is 4.16. The molecule has 0 bridgehead atoms. The van der Waals surface area contributed by atoms with E-state index in [-0.39, 0.29) is 11.6 Å². The average molecular weight is 248 g/mol. The summed E-state index contributed by atoms with van der Waals surface area (Å²) in [5.74, 6) is 0. The van der Waals surface area contributed by atoms with Crippen molar-refractivity contribution in [2.45, 2.75) is 45.2 Å². The molecule has 1 unspecified atom stereocenters. The van der Waals surface area contributed by atoms with Crippen molar-refractivity contribution in [3.63, 3.8) is 0 Å². The fraction of sp³-hybridized carbons (Fsp3) is 0.714. The normalized spacial score (nSPS) is 19.1. The summed E-state index contributed by atoms with van der Waals surface area (Å²) in [6.07, 6.45) is 8.08. The fourth-order valence-electron chi connectivity index (χ4n) is 2.92. The second-order valence-corrected chi connectivity index (χ2v) is 5.51. The average Bonchev–Trinajstić information content (AvgIpc) is 2.91. The zero-order chi connectivity index (χ0) is 13.0. The molecule has 1 N–H and O–H groups in total. The van der Waals surface area contributed by atoms with E-state index in [0.29, 0.717) is 0 Å². The highest BCUT2D eigenvalue weighted by atomic mass is 15.2. The lowest BCUT2D eigenvalue weighted by Gasteiger charge is -2.42. The summed E-state index contributed by atoms with van der Waals surface area (Å²) in [6, 6.07) is 0.279. The van der Waals surface area contributed by atoms with Crippen LogP contribution in [0.25, 0.3) is 0 Å². The Balaban J connectivity index is 2.23. The number of aromatic nitrogens is 2. The van der Waals surface area contributed by atoms with E-state index in [1.165, 1.54) is 31.5 Å². The lowest BCUT2D eigenvalue weighted by atomic mass is 9.88. The van der Waals surface area contributed by atoms with E-state index in [1.54, 1.807) is 6.33 Å². The molecule has 1 aliphatic heterocycles. The molecule has 2 rings (SSSR count). The van der Waals surface area contributed by atoms with E-state index in [9.17, 15) is 0 Å². The minimum Gasteiger partial charge on any atom is -0.309 e. The minimum atomic E-state index is 0.0945. The molecule has 18 heavy (non-hydrogen) atoms. The van der Waals surface area contributed by atoms with Crippen LogP contribution in [-0.4, -0.2) is 40.0 Å². The topological polar surface area (TPSA) is 41.1 Å². The zero-order valence-electron chi connectivity index (χ0n) is 11.7. The van der Waals surface area contributed by atoms with Crippen molar-refractivity contribution in [1.82, 2.24) is 20.2 Å². The van der Waals surface area contributed by atoms with Crippen molar-refractivity contribution in [2.24, 2.45) is 0 Å². The predicted octanol–water partition coefficient (Wildman–Crippen LogP) is 2.00. The lowest BCUT2D eigenvalue weighted by molar-refractivity contribution is 0.107. The summed E-state index contributed by atoms with van der Waals surface area (Å²) >= 11 is 0. The maximum Gasteiger partial charge on any atom is 0.115 e. The van der Waals surface area contributed by atoms with Crippen molar-refractivity contribution in [3.05, 3.63) is 24.3 Å². The van der Waals surface area contributed by atoms with Gasteiger partial charge in [-0.05, 0) is 46.3 Å². The molecule has 4 heteroatoms. The first kappa shape index (κ1) is 13.4. The number of hydrogen-bond acceptors (Lipinski definition) is 4. The Morgan fingerprint density at radius 3 is 2.44 bits per heavy atom. The van der Waals surface area contributed by atoms with Crippen molar-refractivity contribution in [2.75, 3.05) is 19.6 Å². The molecule has 0 aliphatic carbocycles. The summed E-state index contributed by atoms with van der Waals surface area (Å²) in [7, 11) is 0. The van der Waals surface area contributed by atoms with E-state index < -0.39 is 0 Å². The second kappa shape index (κ2) is 5.76. The van der Waals surface area contributed by atoms with E-state index >= 15 is 0 Å². The van der Waals surface area contributed by atoms with Crippen LogP contribution in [0, 0.1) is 0 Å². The quantitative estimate of drug-likeness (QED) is 0.865. The van der Waals surface area contributed by atoms with Gasteiger partial charge in [0, 0.05) is 23.5 Å². The van der Waals surface area contributed by atoms with Crippen LogP contribution >= 0.6 is 0 Å². The Morgan fingerprint density at radius 2 is 1.89 bits per heavy atom. The van der Waals surface area contributed by atoms with Crippen molar-refractivity contribution in [1.29, 1.82) is 0 Å². The molecule has 1 atom stereocenters. The van der Waals surface area contributed by atoms with Gasteiger partial charge in [0.05, 0.1) is 6.04 Å². The van der Waals surface area contributed by atoms with Crippen LogP contribution in [0.2, 0.25) is 0 Å². The Bertz CT molecular complexity index is 357. The van der Waals surface area contributed by atoms with E-state index in [0.717, 1.165) is 6.54 Å². The number of nitrogens with one attached hydrogen (secondary N) is 1. The van der Waals surface area contributed by atoms with Crippen molar-refractivity contribution < 1.29 is 0 Å². The third-order valence-corrected chi connectivity index (χ3v) is 3.95. The predicted molar refractivity (Wildman–Crippen MR) is 73.3 cm³/mol. The first-order chi connectivity index (χ1) is 8.66. The molecule has 1 aromatic rings. The number of likely N-dealkylation sites (N-methyl/N-ethyl adjacent to an activating group) is 1. The Labute approximate surface area is 110 Å². The summed E-state index contributed by atoms with van der Waals surface area (Å²) in [6.45, 7) is 10.1. The zero-order valence-corrected chi connectivity index (χ0v) is 11.7. The van der Waals surface area contributed by atoms with Crippen LogP contribution in [0.4, 0.5) is 0 Å². The van der Waals surface area contributed by atoms with Gasteiger partial charge in [-0.25, -0.2) is 9.97 Å². The van der Waals surface area contributed by atoms with Gasteiger partial charge >= 0.3 is 0 Å². The molecular weight excluding hydrogens is 224 g/mol. The summed E-state index contributed by atoms with van der Waals surface area (Å²) in [5.41, 5.74) is 1.27. The molecule has 2 heterocycles.